The quantitative estimate of drug-likeness (QED) is 0.775. The minimum absolute atomic E-state index is 0.128. The third kappa shape index (κ3) is 7.11. The molecule has 0 spiro atoms. The highest BCUT2D eigenvalue weighted by molar-refractivity contribution is 5.68. The van der Waals surface area contributed by atoms with Gasteiger partial charge in [0.2, 0.25) is 0 Å². The first-order valence-corrected chi connectivity index (χ1v) is 7.71. The Labute approximate surface area is 127 Å². The van der Waals surface area contributed by atoms with Crippen LogP contribution in [0.5, 0.6) is 0 Å². The number of nitrogens with one attached hydrogen (secondary N) is 1. The van der Waals surface area contributed by atoms with Gasteiger partial charge in [-0.1, -0.05) is 0 Å². The molecule has 6 heteroatoms. The Morgan fingerprint density at radius 3 is 2.76 bits per heavy atom. The molecule has 0 aromatic heterocycles. The van der Waals surface area contributed by atoms with Gasteiger partial charge in [-0.2, -0.15) is 0 Å². The molecular formula is C15H30N2O4. The second-order valence-electron chi connectivity index (χ2n) is 6.59. The molecule has 0 aromatic carbocycles. The fourth-order valence-corrected chi connectivity index (χ4v) is 2.44. The van der Waals surface area contributed by atoms with Gasteiger partial charge in [-0.15, -0.1) is 0 Å². The highest BCUT2D eigenvalue weighted by atomic mass is 16.6. The molecular weight excluding hydrogens is 272 g/mol. The molecule has 21 heavy (non-hydrogen) atoms. The number of aliphatic hydroxyl groups excluding tert-OH is 1. The summed E-state index contributed by atoms with van der Waals surface area (Å²) in [7, 11) is 1.56. The summed E-state index contributed by atoms with van der Waals surface area (Å²) in [5.74, 6) is 0. The first-order chi connectivity index (χ1) is 9.83. The van der Waals surface area contributed by atoms with E-state index < -0.39 is 11.7 Å². The van der Waals surface area contributed by atoms with E-state index in [1.807, 2.05) is 25.7 Å². The second-order valence-corrected chi connectivity index (χ2v) is 6.59. The summed E-state index contributed by atoms with van der Waals surface area (Å²) >= 11 is 0. The van der Waals surface area contributed by atoms with Crippen LogP contribution in [0.25, 0.3) is 0 Å². The minimum Gasteiger partial charge on any atom is -0.444 e. The van der Waals surface area contributed by atoms with E-state index in [1.54, 1.807) is 7.11 Å². The zero-order chi connectivity index (χ0) is 15.9. The smallest absolute Gasteiger partial charge is 0.410 e. The maximum absolute atomic E-state index is 12.2. The number of methoxy groups -OCH3 is 1. The molecule has 1 amide bonds. The Kier molecular flexibility index (Phi) is 7.42. The largest absolute Gasteiger partial charge is 0.444 e. The molecule has 2 atom stereocenters. The van der Waals surface area contributed by atoms with Crippen LogP contribution in [0, 0.1) is 0 Å². The number of nitrogens with zero attached hydrogens (tertiary/aromatic N) is 1. The van der Waals surface area contributed by atoms with Gasteiger partial charge in [0.15, 0.2) is 0 Å². The van der Waals surface area contributed by atoms with Crippen molar-refractivity contribution in [2.24, 2.45) is 0 Å². The van der Waals surface area contributed by atoms with Crippen LogP contribution >= 0.6 is 0 Å². The highest BCUT2D eigenvalue weighted by Crippen LogP contribution is 2.20. The monoisotopic (exact) mass is 302 g/mol. The Bertz CT molecular complexity index is 317. The topological polar surface area (TPSA) is 71.0 Å². The van der Waals surface area contributed by atoms with Gasteiger partial charge in [0.25, 0.3) is 0 Å². The van der Waals surface area contributed by atoms with Crippen molar-refractivity contribution < 1.29 is 19.4 Å². The molecule has 0 radical (unpaired) electrons. The summed E-state index contributed by atoms with van der Waals surface area (Å²) in [6.45, 7) is 7.82. The molecule has 0 bridgehead atoms. The zero-order valence-electron chi connectivity index (χ0n) is 13.7. The Morgan fingerprint density at radius 1 is 1.43 bits per heavy atom. The number of carbonyl (C=O) groups excluding carboxylic acids is 1. The Hall–Kier alpha value is -0.850. The van der Waals surface area contributed by atoms with Crippen LogP contribution in [0.3, 0.4) is 0 Å². The van der Waals surface area contributed by atoms with Gasteiger partial charge in [-0.3, -0.25) is 0 Å². The van der Waals surface area contributed by atoms with Crippen molar-refractivity contribution in [3.63, 3.8) is 0 Å². The maximum Gasteiger partial charge on any atom is 0.410 e. The lowest BCUT2D eigenvalue weighted by molar-refractivity contribution is 0.00922. The zero-order valence-corrected chi connectivity index (χ0v) is 13.7. The molecule has 124 valence electrons. The molecule has 0 aromatic rings. The van der Waals surface area contributed by atoms with Gasteiger partial charge < -0.3 is 24.8 Å². The van der Waals surface area contributed by atoms with Crippen molar-refractivity contribution >= 4 is 6.09 Å². The number of likely N-dealkylation sites (tertiary alicyclic amines) is 1. The summed E-state index contributed by atoms with van der Waals surface area (Å²) in [5.41, 5.74) is -0.471. The molecule has 1 aliphatic heterocycles. The van der Waals surface area contributed by atoms with E-state index in [1.165, 1.54) is 0 Å². The van der Waals surface area contributed by atoms with E-state index >= 15 is 0 Å². The van der Waals surface area contributed by atoms with Crippen LogP contribution in [0.1, 0.15) is 40.0 Å². The molecule has 1 saturated heterocycles. The van der Waals surface area contributed by atoms with Crippen LogP contribution in [0.15, 0.2) is 0 Å². The number of amides is 1. The molecule has 1 aliphatic rings. The third-order valence-corrected chi connectivity index (χ3v) is 3.37. The number of piperidine rings is 1. The van der Waals surface area contributed by atoms with Crippen molar-refractivity contribution in [1.82, 2.24) is 10.2 Å². The van der Waals surface area contributed by atoms with Crippen molar-refractivity contribution in [1.29, 1.82) is 0 Å². The van der Waals surface area contributed by atoms with Crippen LogP contribution in [0.2, 0.25) is 0 Å². The standard InChI is InChI=1S/C15H30N2O4/c1-15(2,3)21-14(19)17-8-6-5-7-12(17)9-16-10-13(18)11-20-4/h12-13,16,18H,5-11H2,1-4H3. The van der Waals surface area contributed by atoms with Crippen LogP contribution in [-0.4, -0.2) is 67.2 Å². The number of carbonyl (C=O) groups is 1. The fourth-order valence-electron chi connectivity index (χ4n) is 2.44. The predicted molar refractivity (Wildman–Crippen MR) is 81.3 cm³/mol. The average Bonchev–Trinajstić information content (AvgIpc) is 2.37. The number of aliphatic hydroxyl groups is 1. The molecule has 2 N–H and O–H groups in total. The van der Waals surface area contributed by atoms with Crippen molar-refractivity contribution in [2.45, 2.75) is 57.8 Å². The van der Waals surface area contributed by atoms with Gasteiger partial charge in [0.1, 0.15) is 5.60 Å². The van der Waals surface area contributed by atoms with Crippen LogP contribution in [0.4, 0.5) is 4.79 Å². The molecule has 0 saturated carbocycles. The maximum atomic E-state index is 12.2. The van der Waals surface area contributed by atoms with E-state index in [2.05, 4.69) is 5.32 Å². The van der Waals surface area contributed by atoms with E-state index in [-0.39, 0.29) is 12.1 Å². The molecule has 2 unspecified atom stereocenters. The minimum atomic E-state index is -0.520. The number of hydrogen-bond acceptors (Lipinski definition) is 5. The third-order valence-electron chi connectivity index (χ3n) is 3.37. The van der Waals surface area contributed by atoms with E-state index in [4.69, 9.17) is 9.47 Å². The fraction of sp³-hybridized carbons (Fsp3) is 0.933. The summed E-state index contributed by atoms with van der Waals surface area (Å²) < 4.78 is 10.3. The predicted octanol–water partition coefficient (Wildman–Crippen LogP) is 1.37. The molecule has 0 aliphatic carbocycles. The van der Waals surface area contributed by atoms with Gasteiger partial charge in [0.05, 0.1) is 12.7 Å². The van der Waals surface area contributed by atoms with E-state index in [9.17, 15) is 9.90 Å². The van der Waals surface area contributed by atoms with Crippen molar-refractivity contribution in [2.75, 3.05) is 33.4 Å². The normalized spacial score (nSPS) is 21.2. The van der Waals surface area contributed by atoms with E-state index in [0.717, 1.165) is 25.8 Å². The molecule has 1 fully saturated rings. The Morgan fingerprint density at radius 2 is 2.14 bits per heavy atom. The van der Waals surface area contributed by atoms with E-state index in [0.29, 0.717) is 19.7 Å². The first kappa shape index (κ1) is 18.2. The lowest BCUT2D eigenvalue weighted by Gasteiger charge is -2.37. The first-order valence-electron chi connectivity index (χ1n) is 7.71. The van der Waals surface area contributed by atoms with Crippen LogP contribution in [-0.2, 0) is 9.47 Å². The molecule has 6 nitrogen and oxygen atoms in total. The number of rotatable bonds is 6. The summed E-state index contributed by atoms with van der Waals surface area (Å²) in [4.78, 5) is 14.0. The SMILES string of the molecule is COCC(O)CNCC1CCCCN1C(=O)OC(C)(C)C. The summed E-state index contributed by atoms with van der Waals surface area (Å²) in [5, 5.41) is 12.8. The number of hydrogen-bond donors (Lipinski definition) is 2. The van der Waals surface area contributed by atoms with Crippen molar-refractivity contribution in [3.8, 4) is 0 Å². The van der Waals surface area contributed by atoms with Crippen LogP contribution < -0.4 is 5.32 Å². The van der Waals surface area contributed by atoms with Crippen molar-refractivity contribution in [3.05, 3.63) is 0 Å². The second kappa shape index (κ2) is 8.56. The van der Waals surface area contributed by atoms with Gasteiger partial charge in [0, 0.05) is 32.8 Å². The van der Waals surface area contributed by atoms with Gasteiger partial charge in [-0.25, -0.2) is 4.79 Å². The lowest BCUT2D eigenvalue weighted by Crippen LogP contribution is -2.50. The highest BCUT2D eigenvalue weighted by Gasteiger charge is 2.30. The number of ether oxygens (including phenoxy) is 2. The summed E-state index contributed by atoms with van der Waals surface area (Å²) in [6.07, 6.45) is 2.33. The van der Waals surface area contributed by atoms with Gasteiger partial charge in [-0.05, 0) is 40.0 Å². The average molecular weight is 302 g/mol. The molecule has 1 heterocycles. The van der Waals surface area contributed by atoms with Gasteiger partial charge >= 0.3 is 6.09 Å². The summed E-state index contributed by atoms with van der Waals surface area (Å²) in [6, 6.07) is 0.128. The Balaban J connectivity index is 2.44. The molecule has 1 rings (SSSR count). The lowest BCUT2D eigenvalue weighted by atomic mass is 10.0.